The molecule has 1 aromatic heterocycles. The van der Waals surface area contributed by atoms with Crippen molar-refractivity contribution in [3.63, 3.8) is 0 Å². The Kier molecular flexibility index (Phi) is 4.22. The Balaban J connectivity index is 1.80. The van der Waals surface area contributed by atoms with Crippen LogP contribution in [-0.2, 0) is 0 Å². The van der Waals surface area contributed by atoms with Gasteiger partial charge >= 0.3 is 0 Å². The minimum Gasteiger partial charge on any atom is -0.301 e. The summed E-state index contributed by atoms with van der Waals surface area (Å²) >= 11 is 7.72. The number of thioether (sulfide) groups is 1. The first kappa shape index (κ1) is 15.1. The smallest absolute Gasteiger partial charge is 0.257 e. The molecule has 114 valence electrons. The number of halogens is 1. The minimum atomic E-state index is -0.147. The number of aromatic nitrogens is 2. The van der Waals surface area contributed by atoms with Gasteiger partial charge in [-0.3, -0.25) is 9.79 Å². The van der Waals surface area contributed by atoms with E-state index in [1.165, 1.54) is 0 Å². The molecule has 0 atom stereocenters. The number of hydrogen-bond donors (Lipinski definition) is 1. The van der Waals surface area contributed by atoms with Crippen LogP contribution < -0.4 is 5.32 Å². The second kappa shape index (κ2) is 6.14. The van der Waals surface area contributed by atoms with E-state index in [9.17, 15) is 4.79 Å². The maximum absolute atomic E-state index is 12.1. The maximum Gasteiger partial charge on any atom is 0.257 e. The van der Waals surface area contributed by atoms with Crippen LogP contribution in [0.15, 0.2) is 29.3 Å². The third-order valence-corrected chi connectivity index (χ3v) is 4.82. The maximum atomic E-state index is 12.1. The van der Waals surface area contributed by atoms with Gasteiger partial charge in [0.1, 0.15) is 0 Å². The molecule has 0 bridgehead atoms. The number of aryl methyl sites for hydroxylation is 1. The lowest BCUT2D eigenvalue weighted by Gasteiger charge is -2.07. The fourth-order valence-corrected chi connectivity index (χ4v) is 3.05. The molecule has 22 heavy (non-hydrogen) atoms. The number of carbonyl (C=O) groups excluding carboxylic acids is 1. The van der Waals surface area contributed by atoms with Crippen molar-refractivity contribution in [1.82, 2.24) is 15.1 Å². The van der Waals surface area contributed by atoms with E-state index in [1.807, 2.05) is 26.0 Å². The summed E-state index contributed by atoms with van der Waals surface area (Å²) in [6.07, 6.45) is 0. The summed E-state index contributed by atoms with van der Waals surface area (Å²) in [5.41, 5.74) is 3.13. The van der Waals surface area contributed by atoms with E-state index in [0.717, 1.165) is 29.4 Å². The van der Waals surface area contributed by atoms with Crippen LogP contribution in [0.25, 0.3) is 5.69 Å². The molecule has 3 rings (SSSR count). The van der Waals surface area contributed by atoms with E-state index in [-0.39, 0.29) is 5.91 Å². The average molecular weight is 335 g/mol. The van der Waals surface area contributed by atoms with E-state index in [4.69, 9.17) is 11.6 Å². The summed E-state index contributed by atoms with van der Waals surface area (Å²) in [5.74, 6) is 0.777. The predicted octanol–water partition coefficient (Wildman–Crippen LogP) is 2.98. The van der Waals surface area contributed by atoms with E-state index in [1.54, 1.807) is 28.6 Å². The lowest BCUT2D eigenvalue weighted by molar-refractivity contribution is 0.0978. The highest BCUT2D eigenvalue weighted by atomic mass is 35.5. The fourth-order valence-electron chi connectivity index (χ4n) is 2.21. The van der Waals surface area contributed by atoms with Gasteiger partial charge in [0.25, 0.3) is 5.91 Å². The number of benzene rings is 1. The molecule has 1 aliphatic heterocycles. The third kappa shape index (κ3) is 2.89. The topological polar surface area (TPSA) is 59.3 Å². The quantitative estimate of drug-likeness (QED) is 0.918. The van der Waals surface area contributed by atoms with Gasteiger partial charge in [0.15, 0.2) is 5.17 Å². The molecule has 5 nitrogen and oxygen atoms in total. The Morgan fingerprint density at radius 3 is 2.59 bits per heavy atom. The molecule has 7 heteroatoms. The molecular weight excluding hydrogens is 320 g/mol. The molecule has 0 radical (unpaired) electrons. The number of nitrogens with one attached hydrogen (secondary N) is 1. The molecule has 2 heterocycles. The molecule has 0 aliphatic carbocycles. The summed E-state index contributed by atoms with van der Waals surface area (Å²) in [7, 11) is 0. The summed E-state index contributed by atoms with van der Waals surface area (Å²) in [6, 6.07) is 7.26. The molecule has 1 aromatic carbocycles. The second-order valence-electron chi connectivity index (χ2n) is 4.93. The zero-order chi connectivity index (χ0) is 15.7. The first-order valence-electron chi connectivity index (χ1n) is 6.87. The highest BCUT2D eigenvalue weighted by Crippen LogP contribution is 2.22. The monoisotopic (exact) mass is 334 g/mol. The van der Waals surface area contributed by atoms with Crippen molar-refractivity contribution in [2.75, 3.05) is 12.3 Å². The first-order chi connectivity index (χ1) is 10.6. The zero-order valence-electron chi connectivity index (χ0n) is 12.3. The van der Waals surface area contributed by atoms with E-state index < -0.39 is 0 Å². The lowest BCUT2D eigenvalue weighted by atomic mass is 10.2. The fraction of sp³-hybridized carbons (Fsp3) is 0.267. The Labute approximate surface area is 137 Å². The molecule has 0 saturated heterocycles. The van der Waals surface area contributed by atoms with Gasteiger partial charge in [-0.2, -0.15) is 5.10 Å². The van der Waals surface area contributed by atoms with Crippen molar-refractivity contribution in [2.24, 2.45) is 4.99 Å². The van der Waals surface area contributed by atoms with Crippen LogP contribution in [0.1, 0.15) is 21.7 Å². The highest BCUT2D eigenvalue weighted by molar-refractivity contribution is 8.14. The van der Waals surface area contributed by atoms with Crippen molar-refractivity contribution in [2.45, 2.75) is 13.8 Å². The average Bonchev–Trinajstić information content (AvgIpc) is 3.12. The Bertz CT molecular complexity index is 752. The van der Waals surface area contributed by atoms with Crippen LogP contribution in [0.5, 0.6) is 0 Å². The van der Waals surface area contributed by atoms with Gasteiger partial charge in [-0.25, -0.2) is 4.68 Å². The van der Waals surface area contributed by atoms with Crippen LogP contribution in [0.2, 0.25) is 5.02 Å². The van der Waals surface area contributed by atoms with Crippen LogP contribution in [0.3, 0.4) is 0 Å². The molecule has 1 N–H and O–H groups in total. The number of aliphatic imine (C=N–C) groups is 1. The third-order valence-electron chi connectivity index (χ3n) is 3.38. The Hall–Kier alpha value is -1.79. The highest BCUT2D eigenvalue weighted by Gasteiger charge is 2.14. The van der Waals surface area contributed by atoms with Crippen LogP contribution in [0.4, 0.5) is 0 Å². The SMILES string of the molecule is Cc1nn(-c2ccc(C(=O)NC3=NCCS3)cc2)c(C)c1Cl. The number of nitrogens with zero attached hydrogens (tertiary/aromatic N) is 3. The molecule has 0 fully saturated rings. The summed E-state index contributed by atoms with van der Waals surface area (Å²) < 4.78 is 1.77. The van der Waals surface area contributed by atoms with Gasteiger partial charge in [0.05, 0.1) is 28.6 Å². The molecule has 0 saturated carbocycles. The zero-order valence-corrected chi connectivity index (χ0v) is 13.8. The van der Waals surface area contributed by atoms with Gasteiger partial charge < -0.3 is 5.32 Å². The predicted molar refractivity (Wildman–Crippen MR) is 90.3 cm³/mol. The van der Waals surface area contributed by atoms with Crippen molar-refractivity contribution >= 4 is 34.4 Å². The second-order valence-corrected chi connectivity index (χ2v) is 6.39. The number of amidine groups is 1. The molecule has 1 amide bonds. The number of carbonyl (C=O) groups is 1. The lowest BCUT2D eigenvalue weighted by Crippen LogP contribution is -2.27. The van der Waals surface area contributed by atoms with Crippen molar-refractivity contribution in [3.05, 3.63) is 46.2 Å². The van der Waals surface area contributed by atoms with E-state index in [2.05, 4.69) is 15.4 Å². The van der Waals surface area contributed by atoms with E-state index >= 15 is 0 Å². The molecule has 2 aromatic rings. The largest absolute Gasteiger partial charge is 0.301 e. The standard InChI is InChI=1S/C15H15ClN4OS/c1-9-13(16)10(2)20(19-9)12-5-3-11(4-6-12)14(21)18-15-17-7-8-22-15/h3-6H,7-8H2,1-2H3,(H,17,18,21). The summed E-state index contributed by atoms with van der Waals surface area (Å²) in [5, 5.41) is 8.57. The van der Waals surface area contributed by atoms with Crippen molar-refractivity contribution < 1.29 is 4.79 Å². The van der Waals surface area contributed by atoms with Crippen LogP contribution in [0, 0.1) is 13.8 Å². The minimum absolute atomic E-state index is 0.147. The number of hydrogen-bond acceptors (Lipinski definition) is 4. The van der Waals surface area contributed by atoms with Gasteiger partial charge in [-0.05, 0) is 38.1 Å². The van der Waals surface area contributed by atoms with E-state index in [0.29, 0.717) is 15.8 Å². The van der Waals surface area contributed by atoms with Crippen LogP contribution in [-0.4, -0.2) is 33.2 Å². The Morgan fingerprint density at radius 2 is 2.05 bits per heavy atom. The van der Waals surface area contributed by atoms with Gasteiger partial charge in [0, 0.05) is 11.3 Å². The summed E-state index contributed by atoms with van der Waals surface area (Å²) in [4.78, 5) is 16.3. The van der Waals surface area contributed by atoms with Gasteiger partial charge in [0.2, 0.25) is 0 Å². The van der Waals surface area contributed by atoms with Crippen molar-refractivity contribution in [3.8, 4) is 5.69 Å². The number of amides is 1. The first-order valence-corrected chi connectivity index (χ1v) is 8.23. The van der Waals surface area contributed by atoms with Gasteiger partial charge in [-0.15, -0.1) is 0 Å². The summed E-state index contributed by atoms with van der Waals surface area (Å²) in [6.45, 7) is 4.55. The molecule has 0 unspecified atom stereocenters. The van der Waals surface area contributed by atoms with Crippen LogP contribution >= 0.6 is 23.4 Å². The number of rotatable bonds is 2. The molecule has 0 spiro atoms. The molecular formula is C15H15ClN4OS. The van der Waals surface area contributed by atoms with Crippen molar-refractivity contribution in [1.29, 1.82) is 0 Å². The Morgan fingerprint density at radius 1 is 1.32 bits per heavy atom. The normalized spacial score (nSPS) is 14.0. The van der Waals surface area contributed by atoms with Gasteiger partial charge in [-0.1, -0.05) is 23.4 Å². The molecule has 1 aliphatic rings.